The van der Waals surface area contributed by atoms with Crippen molar-refractivity contribution in [1.82, 2.24) is 10.5 Å². The molecular weight excluding hydrogens is 264 g/mol. The molecule has 2 atom stereocenters. The van der Waals surface area contributed by atoms with E-state index in [1.54, 1.807) is 0 Å². The molecule has 0 fully saturated rings. The van der Waals surface area contributed by atoms with E-state index in [2.05, 4.69) is 30.4 Å². The number of nitrogens with zero attached hydrogens (tertiary/aromatic N) is 1. The lowest BCUT2D eigenvalue weighted by atomic mass is 10.0. The highest BCUT2D eigenvalue weighted by atomic mass is 16.5. The van der Waals surface area contributed by atoms with Crippen molar-refractivity contribution in [1.29, 1.82) is 0 Å². The highest BCUT2D eigenvalue weighted by Crippen LogP contribution is 2.18. The summed E-state index contributed by atoms with van der Waals surface area (Å²) in [4.78, 5) is 0. The fraction of sp³-hybridized carbons (Fsp3) is 0.471. The van der Waals surface area contributed by atoms with Gasteiger partial charge in [-0.3, -0.25) is 0 Å². The first-order chi connectivity index (χ1) is 10.0. The lowest BCUT2D eigenvalue weighted by Gasteiger charge is -2.21. The minimum Gasteiger partial charge on any atom is -0.392 e. The van der Waals surface area contributed by atoms with Crippen LogP contribution in [0.2, 0.25) is 0 Å². The fourth-order valence-corrected chi connectivity index (χ4v) is 2.64. The molecular formula is C17H24N2O2. The zero-order valence-corrected chi connectivity index (χ0v) is 13.2. The van der Waals surface area contributed by atoms with Crippen LogP contribution < -0.4 is 5.32 Å². The Morgan fingerprint density at radius 3 is 2.67 bits per heavy atom. The van der Waals surface area contributed by atoms with Gasteiger partial charge < -0.3 is 14.9 Å². The molecule has 0 saturated heterocycles. The maximum atomic E-state index is 9.22. The number of hydrogen-bond acceptors (Lipinski definition) is 4. The third-order valence-electron chi connectivity index (χ3n) is 3.86. The summed E-state index contributed by atoms with van der Waals surface area (Å²) in [6.45, 7) is 8.32. The third kappa shape index (κ3) is 3.93. The van der Waals surface area contributed by atoms with Gasteiger partial charge in [-0.25, -0.2) is 0 Å². The summed E-state index contributed by atoms with van der Waals surface area (Å²) >= 11 is 0. The Morgan fingerprint density at radius 2 is 2.05 bits per heavy atom. The van der Waals surface area contributed by atoms with Gasteiger partial charge in [-0.05, 0) is 45.2 Å². The van der Waals surface area contributed by atoms with Crippen LogP contribution in [0.15, 0.2) is 28.8 Å². The van der Waals surface area contributed by atoms with E-state index in [9.17, 15) is 5.11 Å². The fourth-order valence-electron chi connectivity index (χ4n) is 2.64. The van der Waals surface area contributed by atoms with Crippen LogP contribution in [-0.4, -0.2) is 16.3 Å². The summed E-state index contributed by atoms with van der Waals surface area (Å²) in [7, 11) is 0. The highest BCUT2D eigenvalue weighted by molar-refractivity contribution is 5.26. The van der Waals surface area contributed by atoms with Crippen molar-refractivity contribution in [2.75, 3.05) is 0 Å². The van der Waals surface area contributed by atoms with Crippen molar-refractivity contribution in [3.05, 3.63) is 52.4 Å². The van der Waals surface area contributed by atoms with Crippen LogP contribution in [0.5, 0.6) is 0 Å². The minimum absolute atomic E-state index is 0.0786. The molecule has 0 spiro atoms. The van der Waals surface area contributed by atoms with Gasteiger partial charge in [0.2, 0.25) is 0 Å². The van der Waals surface area contributed by atoms with Gasteiger partial charge in [-0.2, -0.15) is 0 Å². The lowest BCUT2D eigenvalue weighted by molar-refractivity contribution is 0.281. The predicted molar refractivity (Wildman–Crippen MR) is 83.1 cm³/mol. The molecule has 1 aromatic carbocycles. The standard InChI is InChI=1S/C17H24N2O2/c1-11(8-17-13(3)19-21-14(17)4)18-12(2)16-7-5-6-15(9-16)10-20/h5-7,9,11-12,18,20H,8,10H2,1-4H3. The molecule has 0 saturated carbocycles. The monoisotopic (exact) mass is 288 g/mol. The van der Waals surface area contributed by atoms with Crippen LogP contribution in [0, 0.1) is 13.8 Å². The summed E-state index contributed by atoms with van der Waals surface area (Å²) in [5.74, 6) is 0.899. The average molecular weight is 288 g/mol. The number of aliphatic hydroxyl groups is 1. The van der Waals surface area contributed by atoms with Crippen LogP contribution in [0.1, 0.15) is 48.0 Å². The first-order valence-electron chi connectivity index (χ1n) is 7.38. The van der Waals surface area contributed by atoms with Gasteiger partial charge in [-0.15, -0.1) is 0 Å². The van der Waals surface area contributed by atoms with Crippen LogP contribution in [0.25, 0.3) is 0 Å². The first kappa shape index (κ1) is 15.7. The van der Waals surface area contributed by atoms with Crippen molar-refractivity contribution < 1.29 is 9.63 Å². The van der Waals surface area contributed by atoms with E-state index in [-0.39, 0.29) is 12.6 Å². The molecule has 2 unspecified atom stereocenters. The maximum absolute atomic E-state index is 9.22. The van der Waals surface area contributed by atoms with Crippen molar-refractivity contribution in [3.63, 3.8) is 0 Å². The SMILES string of the molecule is Cc1noc(C)c1CC(C)NC(C)c1cccc(CO)c1. The summed E-state index contributed by atoms with van der Waals surface area (Å²) < 4.78 is 5.21. The molecule has 21 heavy (non-hydrogen) atoms. The predicted octanol–water partition coefficient (Wildman–Crippen LogP) is 3.07. The Hall–Kier alpha value is -1.65. The van der Waals surface area contributed by atoms with Crippen molar-refractivity contribution >= 4 is 0 Å². The molecule has 0 aliphatic rings. The van der Waals surface area contributed by atoms with Crippen molar-refractivity contribution in [2.45, 2.75) is 52.8 Å². The van der Waals surface area contributed by atoms with Crippen LogP contribution >= 0.6 is 0 Å². The minimum atomic E-state index is 0.0786. The maximum Gasteiger partial charge on any atom is 0.137 e. The van der Waals surface area contributed by atoms with Gasteiger partial charge in [0, 0.05) is 17.6 Å². The summed E-state index contributed by atoms with van der Waals surface area (Å²) in [6, 6.07) is 8.59. The molecule has 1 heterocycles. The molecule has 0 aliphatic heterocycles. The second-order valence-corrected chi connectivity index (χ2v) is 5.70. The quantitative estimate of drug-likeness (QED) is 0.857. The molecule has 0 aliphatic carbocycles. The van der Waals surface area contributed by atoms with E-state index in [1.165, 1.54) is 11.1 Å². The molecule has 2 rings (SSSR count). The number of benzene rings is 1. The molecule has 2 aromatic rings. The smallest absolute Gasteiger partial charge is 0.137 e. The largest absolute Gasteiger partial charge is 0.392 e. The molecule has 0 radical (unpaired) electrons. The number of aromatic nitrogens is 1. The van der Waals surface area contributed by atoms with Gasteiger partial charge >= 0.3 is 0 Å². The van der Waals surface area contributed by atoms with Crippen LogP contribution in [0.3, 0.4) is 0 Å². The lowest BCUT2D eigenvalue weighted by Crippen LogP contribution is -2.31. The van der Waals surface area contributed by atoms with Crippen LogP contribution in [0.4, 0.5) is 0 Å². The van der Waals surface area contributed by atoms with E-state index in [1.807, 2.05) is 32.0 Å². The van der Waals surface area contributed by atoms with Gasteiger partial charge in [0.25, 0.3) is 0 Å². The highest BCUT2D eigenvalue weighted by Gasteiger charge is 2.15. The number of hydrogen-bond donors (Lipinski definition) is 2. The van der Waals surface area contributed by atoms with Gasteiger partial charge in [0.05, 0.1) is 12.3 Å². The Morgan fingerprint density at radius 1 is 1.29 bits per heavy atom. The van der Waals surface area contributed by atoms with E-state index in [4.69, 9.17) is 4.52 Å². The Bertz CT molecular complexity index is 573. The van der Waals surface area contributed by atoms with E-state index >= 15 is 0 Å². The summed E-state index contributed by atoms with van der Waals surface area (Å²) in [5, 5.41) is 16.8. The number of nitrogens with one attached hydrogen (secondary N) is 1. The third-order valence-corrected chi connectivity index (χ3v) is 3.86. The topological polar surface area (TPSA) is 58.3 Å². The molecule has 2 N–H and O–H groups in total. The van der Waals surface area contributed by atoms with Crippen LogP contribution in [-0.2, 0) is 13.0 Å². The summed E-state index contributed by atoms with van der Waals surface area (Å²) in [6.07, 6.45) is 0.894. The second-order valence-electron chi connectivity index (χ2n) is 5.70. The van der Waals surface area contributed by atoms with Crippen molar-refractivity contribution in [2.24, 2.45) is 0 Å². The Kier molecular flexibility index (Phi) is 5.15. The van der Waals surface area contributed by atoms with E-state index < -0.39 is 0 Å². The zero-order chi connectivity index (χ0) is 15.4. The first-order valence-corrected chi connectivity index (χ1v) is 7.38. The molecule has 0 amide bonds. The average Bonchev–Trinajstić information content (AvgIpc) is 2.79. The molecule has 4 heteroatoms. The number of aryl methyl sites for hydroxylation is 2. The Labute approximate surface area is 126 Å². The molecule has 114 valence electrons. The molecule has 1 aromatic heterocycles. The van der Waals surface area contributed by atoms with Gasteiger partial charge in [-0.1, -0.05) is 29.4 Å². The number of rotatable bonds is 6. The zero-order valence-electron chi connectivity index (χ0n) is 13.2. The van der Waals surface area contributed by atoms with Gasteiger partial charge in [0.15, 0.2) is 0 Å². The molecule has 0 bridgehead atoms. The summed E-state index contributed by atoms with van der Waals surface area (Å²) in [5.41, 5.74) is 4.29. The van der Waals surface area contributed by atoms with E-state index in [0.29, 0.717) is 6.04 Å². The normalized spacial score (nSPS) is 14.1. The van der Waals surface area contributed by atoms with Gasteiger partial charge in [0.1, 0.15) is 5.76 Å². The second kappa shape index (κ2) is 6.87. The Balaban J connectivity index is 2.00. The van der Waals surface area contributed by atoms with E-state index in [0.717, 1.165) is 23.4 Å². The molecule has 4 nitrogen and oxygen atoms in total. The van der Waals surface area contributed by atoms with Crippen molar-refractivity contribution in [3.8, 4) is 0 Å². The number of aliphatic hydroxyl groups excluding tert-OH is 1.